The number of rotatable bonds is 5. The standard InChI is InChI=1S/C15H20FNO2/c1-4-17(11-15(2,3)19)14(18)10-9-12-7-5-6-8-13(12)16/h5-10,19H,4,11H2,1-3H3. The van der Waals surface area contributed by atoms with Crippen LogP contribution in [0.1, 0.15) is 26.3 Å². The highest BCUT2D eigenvalue weighted by atomic mass is 19.1. The number of aliphatic hydroxyl groups is 1. The van der Waals surface area contributed by atoms with Crippen LogP contribution in [-0.2, 0) is 4.79 Å². The van der Waals surface area contributed by atoms with Crippen molar-refractivity contribution >= 4 is 12.0 Å². The van der Waals surface area contributed by atoms with E-state index in [-0.39, 0.29) is 18.3 Å². The zero-order chi connectivity index (χ0) is 14.5. The van der Waals surface area contributed by atoms with Crippen molar-refractivity contribution in [3.63, 3.8) is 0 Å². The molecule has 1 rings (SSSR count). The van der Waals surface area contributed by atoms with Crippen LogP contribution < -0.4 is 0 Å². The van der Waals surface area contributed by atoms with Crippen LogP contribution >= 0.6 is 0 Å². The van der Waals surface area contributed by atoms with Crippen LogP contribution in [0, 0.1) is 5.82 Å². The lowest BCUT2D eigenvalue weighted by atomic mass is 10.1. The van der Waals surface area contributed by atoms with Gasteiger partial charge in [-0.15, -0.1) is 0 Å². The van der Waals surface area contributed by atoms with Crippen molar-refractivity contribution in [3.05, 3.63) is 41.7 Å². The molecule has 0 bridgehead atoms. The number of carbonyl (C=O) groups excluding carboxylic acids is 1. The topological polar surface area (TPSA) is 40.5 Å². The maximum Gasteiger partial charge on any atom is 0.246 e. The van der Waals surface area contributed by atoms with Crippen molar-refractivity contribution in [2.75, 3.05) is 13.1 Å². The third-order valence-electron chi connectivity index (χ3n) is 2.58. The first-order valence-corrected chi connectivity index (χ1v) is 6.27. The largest absolute Gasteiger partial charge is 0.389 e. The highest BCUT2D eigenvalue weighted by Crippen LogP contribution is 2.10. The second kappa shape index (κ2) is 6.48. The minimum Gasteiger partial charge on any atom is -0.389 e. The number of carbonyl (C=O) groups is 1. The summed E-state index contributed by atoms with van der Waals surface area (Å²) in [6.45, 7) is 5.85. The molecule has 0 aliphatic heterocycles. The van der Waals surface area contributed by atoms with Gasteiger partial charge in [0.05, 0.1) is 5.60 Å². The summed E-state index contributed by atoms with van der Waals surface area (Å²) in [5.41, 5.74) is -0.576. The molecule has 0 saturated carbocycles. The van der Waals surface area contributed by atoms with Gasteiger partial charge in [0.15, 0.2) is 0 Å². The molecule has 0 aromatic heterocycles. The second-order valence-corrected chi connectivity index (χ2v) is 5.02. The molecule has 0 radical (unpaired) electrons. The Bertz CT molecular complexity index is 463. The van der Waals surface area contributed by atoms with Gasteiger partial charge in [0.2, 0.25) is 5.91 Å². The Morgan fingerprint density at radius 3 is 2.58 bits per heavy atom. The number of nitrogens with zero attached hydrogens (tertiary/aromatic N) is 1. The average molecular weight is 265 g/mol. The zero-order valence-corrected chi connectivity index (χ0v) is 11.6. The Hall–Kier alpha value is -1.68. The van der Waals surface area contributed by atoms with Crippen LogP contribution in [0.4, 0.5) is 4.39 Å². The predicted octanol–water partition coefficient (Wildman–Crippen LogP) is 2.46. The lowest BCUT2D eigenvalue weighted by Crippen LogP contribution is -2.41. The summed E-state index contributed by atoms with van der Waals surface area (Å²) in [7, 11) is 0. The number of hydrogen-bond donors (Lipinski definition) is 1. The Morgan fingerprint density at radius 1 is 1.42 bits per heavy atom. The molecular formula is C15H20FNO2. The molecule has 4 heteroatoms. The Morgan fingerprint density at radius 2 is 2.05 bits per heavy atom. The van der Waals surface area contributed by atoms with Crippen molar-refractivity contribution in [1.29, 1.82) is 0 Å². The third-order valence-corrected chi connectivity index (χ3v) is 2.58. The maximum atomic E-state index is 13.4. The lowest BCUT2D eigenvalue weighted by molar-refractivity contribution is -0.128. The molecule has 0 aliphatic rings. The molecular weight excluding hydrogens is 245 g/mol. The van der Waals surface area contributed by atoms with Crippen LogP contribution in [0.2, 0.25) is 0 Å². The number of likely N-dealkylation sites (N-methyl/N-ethyl adjacent to an activating group) is 1. The van der Waals surface area contributed by atoms with E-state index in [4.69, 9.17) is 0 Å². The van der Waals surface area contributed by atoms with Gasteiger partial charge in [-0.3, -0.25) is 4.79 Å². The molecule has 0 saturated heterocycles. The fourth-order valence-corrected chi connectivity index (χ4v) is 1.69. The summed E-state index contributed by atoms with van der Waals surface area (Å²) in [5.74, 6) is -0.607. The van der Waals surface area contributed by atoms with Gasteiger partial charge < -0.3 is 10.0 Å². The Kier molecular flexibility index (Phi) is 5.24. The van der Waals surface area contributed by atoms with Gasteiger partial charge in [0.1, 0.15) is 5.82 Å². The van der Waals surface area contributed by atoms with E-state index in [1.807, 2.05) is 6.92 Å². The molecule has 104 valence electrons. The van der Waals surface area contributed by atoms with Crippen LogP contribution in [-0.4, -0.2) is 34.6 Å². The van der Waals surface area contributed by atoms with Crippen LogP contribution in [0.25, 0.3) is 6.08 Å². The number of halogens is 1. The SMILES string of the molecule is CCN(CC(C)(C)O)C(=O)C=Cc1ccccc1F. The minimum atomic E-state index is -0.947. The van der Waals surface area contributed by atoms with Gasteiger partial charge in [0.25, 0.3) is 0 Å². The first-order valence-electron chi connectivity index (χ1n) is 6.27. The second-order valence-electron chi connectivity index (χ2n) is 5.02. The van der Waals surface area contributed by atoms with E-state index in [1.165, 1.54) is 23.1 Å². The van der Waals surface area contributed by atoms with E-state index in [0.29, 0.717) is 12.1 Å². The summed E-state index contributed by atoms with van der Waals surface area (Å²) >= 11 is 0. The van der Waals surface area contributed by atoms with E-state index in [1.54, 1.807) is 32.0 Å². The molecule has 0 atom stereocenters. The van der Waals surface area contributed by atoms with E-state index < -0.39 is 5.60 Å². The molecule has 0 unspecified atom stereocenters. The van der Waals surface area contributed by atoms with E-state index in [9.17, 15) is 14.3 Å². The third kappa shape index (κ3) is 5.22. The molecule has 0 spiro atoms. The van der Waals surface area contributed by atoms with Crippen molar-refractivity contribution in [2.45, 2.75) is 26.4 Å². The Labute approximate surface area is 113 Å². The molecule has 1 amide bonds. The van der Waals surface area contributed by atoms with Gasteiger partial charge in [0, 0.05) is 24.7 Å². The smallest absolute Gasteiger partial charge is 0.246 e. The van der Waals surface area contributed by atoms with Crippen LogP contribution in [0.15, 0.2) is 30.3 Å². The highest BCUT2D eigenvalue weighted by Gasteiger charge is 2.19. The average Bonchev–Trinajstić information content (AvgIpc) is 2.33. The first kappa shape index (κ1) is 15.4. The van der Waals surface area contributed by atoms with Crippen LogP contribution in [0.3, 0.4) is 0 Å². The maximum absolute atomic E-state index is 13.4. The molecule has 19 heavy (non-hydrogen) atoms. The van der Waals surface area contributed by atoms with Gasteiger partial charge in [-0.25, -0.2) is 4.39 Å². The van der Waals surface area contributed by atoms with Gasteiger partial charge in [-0.1, -0.05) is 18.2 Å². The molecule has 0 aliphatic carbocycles. The summed E-state index contributed by atoms with van der Waals surface area (Å²) in [5, 5.41) is 9.72. The zero-order valence-electron chi connectivity index (χ0n) is 11.6. The Balaban J connectivity index is 2.75. The van der Waals surface area contributed by atoms with E-state index in [2.05, 4.69) is 0 Å². The number of benzene rings is 1. The van der Waals surface area contributed by atoms with E-state index >= 15 is 0 Å². The van der Waals surface area contributed by atoms with E-state index in [0.717, 1.165) is 0 Å². The number of hydrogen-bond acceptors (Lipinski definition) is 2. The number of amides is 1. The fourth-order valence-electron chi connectivity index (χ4n) is 1.69. The summed E-state index contributed by atoms with van der Waals surface area (Å²) in [6.07, 6.45) is 2.78. The highest BCUT2D eigenvalue weighted by molar-refractivity contribution is 5.91. The predicted molar refractivity (Wildman–Crippen MR) is 74.0 cm³/mol. The molecule has 1 N–H and O–H groups in total. The molecule has 0 heterocycles. The fraction of sp³-hybridized carbons (Fsp3) is 0.400. The molecule has 1 aromatic rings. The van der Waals surface area contributed by atoms with Gasteiger partial charge in [-0.2, -0.15) is 0 Å². The summed E-state index contributed by atoms with van der Waals surface area (Å²) < 4.78 is 13.4. The lowest BCUT2D eigenvalue weighted by Gasteiger charge is -2.27. The summed E-state index contributed by atoms with van der Waals surface area (Å²) in [6, 6.07) is 6.26. The summed E-state index contributed by atoms with van der Waals surface area (Å²) in [4.78, 5) is 13.5. The van der Waals surface area contributed by atoms with Crippen molar-refractivity contribution in [1.82, 2.24) is 4.90 Å². The normalized spacial score (nSPS) is 11.8. The van der Waals surface area contributed by atoms with Gasteiger partial charge in [-0.05, 0) is 32.9 Å². The first-order chi connectivity index (χ1) is 8.83. The van der Waals surface area contributed by atoms with Crippen molar-refractivity contribution in [2.24, 2.45) is 0 Å². The minimum absolute atomic E-state index is 0.240. The molecule has 1 aromatic carbocycles. The van der Waals surface area contributed by atoms with Gasteiger partial charge >= 0.3 is 0 Å². The van der Waals surface area contributed by atoms with Crippen LogP contribution in [0.5, 0.6) is 0 Å². The molecule has 3 nitrogen and oxygen atoms in total. The quantitative estimate of drug-likeness (QED) is 0.831. The van der Waals surface area contributed by atoms with Crippen molar-refractivity contribution < 1.29 is 14.3 Å². The van der Waals surface area contributed by atoms with Crippen molar-refractivity contribution in [3.8, 4) is 0 Å². The molecule has 0 fully saturated rings. The monoisotopic (exact) mass is 265 g/mol.